The molecule has 0 aliphatic heterocycles. The Labute approximate surface area is 127 Å². The summed E-state index contributed by atoms with van der Waals surface area (Å²) in [6, 6.07) is 7.86. The van der Waals surface area contributed by atoms with Gasteiger partial charge in [0.15, 0.2) is 0 Å². The molecule has 3 N–H and O–H groups in total. The summed E-state index contributed by atoms with van der Waals surface area (Å²) in [5, 5.41) is 3.94. The number of hydrogen-bond acceptors (Lipinski definition) is 4. The number of thiophene rings is 1. The molecule has 0 saturated heterocycles. The summed E-state index contributed by atoms with van der Waals surface area (Å²) in [6.07, 6.45) is 5.51. The van der Waals surface area contributed by atoms with Gasteiger partial charge in [-0.05, 0) is 30.9 Å². The fraction of sp³-hybridized carbons (Fsp3) is 0.400. The highest BCUT2D eigenvalue weighted by atomic mass is 32.2. The van der Waals surface area contributed by atoms with Gasteiger partial charge in [-0.2, -0.15) is 11.8 Å². The van der Waals surface area contributed by atoms with Crippen LogP contribution in [0.4, 0.5) is 5.69 Å². The third-order valence-corrected chi connectivity index (χ3v) is 5.03. The molecule has 0 saturated carbocycles. The number of fused-ring (bicyclic) bond motifs is 1. The highest BCUT2D eigenvalue weighted by Crippen LogP contribution is 2.33. The zero-order valence-electron chi connectivity index (χ0n) is 11.6. The number of amides is 1. The number of carbonyl (C=O) groups is 1. The van der Waals surface area contributed by atoms with E-state index in [4.69, 9.17) is 5.73 Å². The van der Waals surface area contributed by atoms with Crippen molar-refractivity contribution in [3.8, 4) is 0 Å². The van der Waals surface area contributed by atoms with E-state index in [-0.39, 0.29) is 5.91 Å². The summed E-state index contributed by atoms with van der Waals surface area (Å²) in [4.78, 5) is 12.8. The third kappa shape index (κ3) is 3.67. The maximum atomic E-state index is 12.1. The molecule has 0 aliphatic carbocycles. The molecule has 2 rings (SSSR count). The van der Waals surface area contributed by atoms with Gasteiger partial charge in [0, 0.05) is 16.6 Å². The predicted molar refractivity (Wildman–Crippen MR) is 90.8 cm³/mol. The summed E-state index contributed by atoms with van der Waals surface area (Å²) >= 11 is 3.33. The Hall–Kier alpha value is -1.20. The lowest BCUT2D eigenvalue weighted by Gasteiger charge is -2.04. The van der Waals surface area contributed by atoms with Crippen molar-refractivity contribution in [2.75, 3.05) is 24.3 Å². The van der Waals surface area contributed by atoms with E-state index in [0.29, 0.717) is 10.6 Å². The molecule has 0 aliphatic rings. The van der Waals surface area contributed by atoms with Crippen molar-refractivity contribution in [3.05, 3.63) is 29.1 Å². The fourth-order valence-electron chi connectivity index (χ4n) is 2.06. The second-order valence-corrected chi connectivity index (χ2v) is 6.69. The Balaban J connectivity index is 1.89. The van der Waals surface area contributed by atoms with Crippen LogP contribution in [0.3, 0.4) is 0 Å². The molecule has 0 radical (unpaired) electrons. The number of unbranched alkanes of at least 4 members (excludes halogenated alkanes) is 2. The molecule has 5 heteroatoms. The van der Waals surface area contributed by atoms with Crippen molar-refractivity contribution in [1.82, 2.24) is 5.32 Å². The Morgan fingerprint density at radius 3 is 2.85 bits per heavy atom. The largest absolute Gasteiger partial charge is 0.397 e. The zero-order chi connectivity index (χ0) is 14.4. The molecule has 1 amide bonds. The molecule has 3 nitrogen and oxygen atoms in total. The van der Waals surface area contributed by atoms with Crippen LogP contribution in [0.25, 0.3) is 10.1 Å². The number of benzene rings is 1. The highest BCUT2D eigenvalue weighted by molar-refractivity contribution is 7.98. The molecule has 0 atom stereocenters. The first-order valence-electron chi connectivity index (χ1n) is 6.78. The van der Waals surface area contributed by atoms with E-state index < -0.39 is 0 Å². The normalized spacial score (nSPS) is 10.8. The summed E-state index contributed by atoms with van der Waals surface area (Å²) in [7, 11) is 0. The van der Waals surface area contributed by atoms with Crippen LogP contribution < -0.4 is 11.1 Å². The van der Waals surface area contributed by atoms with Crippen molar-refractivity contribution in [1.29, 1.82) is 0 Å². The maximum Gasteiger partial charge on any atom is 0.263 e. The Kier molecular flexibility index (Phi) is 5.73. The SMILES string of the molecule is CSCCCCCNC(=O)c1sc2ccccc2c1N. The second-order valence-electron chi connectivity index (χ2n) is 4.65. The summed E-state index contributed by atoms with van der Waals surface area (Å²) in [5.74, 6) is 1.14. The van der Waals surface area contributed by atoms with Gasteiger partial charge in [0.2, 0.25) is 0 Å². The van der Waals surface area contributed by atoms with Crippen LogP contribution in [0.2, 0.25) is 0 Å². The molecular formula is C15H20N2OS2. The second kappa shape index (κ2) is 7.55. The number of carbonyl (C=O) groups excluding carboxylic acids is 1. The van der Waals surface area contributed by atoms with Crippen molar-refractivity contribution < 1.29 is 4.79 Å². The van der Waals surface area contributed by atoms with Crippen LogP contribution in [0, 0.1) is 0 Å². The standard InChI is InChI=1S/C15H20N2OS2/c1-19-10-6-2-5-9-17-15(18)14-13(16)11-7-3-4-8-12(11)20-14/h3-4,7-8H,2,5-6,9-10,16H2,1H3,(H,17,18). The predicted octanol–water partition coefficient (Wildman–Crippen LogP) is 3.75. The van der Waals surface area contributed by atoms with Gasteiger partial charge in [-0.15, -0.1) is 11.3 Å². The highest BCUT2D eigenvalue weighted by Gasteiger charge is 2.15. The number of nitrogens with one attached hydrogen (secondary N) is 1. The van der Waals surface area contributed by atoms with Crippen molar-refractivity contribution >= 4 is 44.8 Å². The maximum absolute atomic E-state index is 12.1. The number of nitrogens with two attached hydrogens (primary N) is 1. The topological polar surface area (TPSA) is 55.1 Å². The van der Waals surface area contributed by atoms with Crippen LogP contribution in [0.15, 0.2) is 24.3 Å². The molecule has 0 fully saturated rings. The van der Waals surface area contributed by atoms with Crippen molar-refractivity contribution in [2.24, 2.45) is 0 Å². The van der Waals surface area contributed by atoms with E-state index in [0.717, 1.165) is 29.5 Å². The molecule has 1 aromatic heterocycles. The zero-order valence-corrected chi connectivity index (χ0v) is 13.3. The Morgan fingerprint density at radius 1 is 1.30 bits per heavy atom. The first-order chi connectivity index (χ1) is 9.74. The summed E-state index contributed by atoms with van der Waals surface area (Å²) < 4.78 is 1.06. The lowest BCUT2D eigenvalue weighted by Crippen LogP contribution is -2.24. The molecule has 0 unspecified atom stereocenters. The molecule has 1 heterocycles. The molecule has 108 valence electrons. The Morgan fingerprint density at radius 2 is 2.10 bits per heavy atom. The monoisotopic (exact) mass is 308 g/mol. The average molecular weight is 308 g/mol. The average Bonchev–Trinajstić information content (AvgIpc) is 2.80. The summed E-state index contributed by atoms with van der Waals surface area (Å²) in [6.45, 7) is 0.723. The minimum atomic E-state index is -0.0476. The minimum absolute atomic E-state index is 0.0476. The third-order valence-electron chi connectivity index (χ3n) is 3.15. The molecule has 2 aromatic rings. The smallest absolute Gasteiger partial charge is 0.263 e. The fourth-order valence-corrected chi connectivity index (χ4v) is 3.60. The van der Waals surface area contributed by atoms with Crippen LogP contribution >= 0.6 is 23.1 Å². The van der Waals surface area contributed by atoms with Crippen LogP contribution in [-0.2, 0) is 0 Å². The number of hydrogen-bond donors (Lipinski definition) is 2. The van der Waals surface area contributed by atoms with Crippen molar-refractivity contribution in [3.63, 3.8) is 0 Å². The van der Waals surface area contributed by atoms with E-state index in [9.17, 15) is 4.79 Å². The molecular weight excluding hydrogens is 288 g/mol. The number of rotatable bonds is 7. The number of nitrogen functional groups attached to an aromatic ring is 1. The lowest BCUT2D eigenvalue weighted by atomic mass is 10.2. The van der Waals surface area contributed by atoms with Crippen LogP contribution in [-0.4, -0.2) is 24.5 Å². The van der Waals surface area contributed by atoms with Gasteiger partial charge in [-0.25, -0.2) is 0 Å². The van der Waals surface area contributed by atoms with Gasteiger partial charge >= 0.3 is 0 Å². The van der Waals surface area contributed by atoms with Gasteiger partial charge in [0.05, 0.1) is 5.69 Å². The van der Waals surface area contributed by atoms with Crippen molar-refractivity contribution in [2.45, 2.75) is 19.3 Å². The first-order valence-corrected chi connectivity index (χ1v) is 8.99. The van der Waals surface area contributed by atoms with E-state index in [1.165, 1.54) is 23.5 Å². The van der Waals surface area contributed by atoms with Gasteiger partial charge in [0.25, 0.3) is 5.91 Å². The van der Waals surface area contributed by atoms with E-state index in [1.807, 2.05) is 36.0 Å². The number of thioether (sulfide) groups is 1. The first kappa shape index (κ1) is 15.2. The number of anilines is 1. The summed E-state index contributed by atoms with van der Waals surface area (Å²) in [5.41, 5.74) is 6.66. The van der Waals surface area contributed by atoms with Gasteiger partial charge in [-0.1, -0.05) is 24.6 Å². The molecule has 0 bridgehead atoms. The Bertz CT molecular complexity index is 580. The molecule has 0 spiro atoms. The van der Waals surface area contributed by atoms with E-state index in [1.54, 1.807) is 0 Å². The quantitative estimate of drug-likeness (QED) is 0.766. The van der Waals surface area contributed by atoms with Gasteiger partial charge in [0.1, 0.15) is 4.88 Å². The molecule has 20 heavy (non-hydrogen) atoms. The van der Waals surface area contributed by atoms with Crippen LogP contribution in [0.5, 0.6) is 0 Å². The van der Waals surface area contributed by atoms with Gasteiger partial charge in [-0.3, -0.25) is 4.79 Å². The van der Waals surface area contributed by atoms with Gasteiger partial charge < -0.3 is 11.1 Å². The minimum Gasteiger partial charge on any atom is -0.397 e. The van der Waals surface area contributed by atoms with E-state index >= 15 is 0 Å². The lowest BCUT2D eigenvalue weighted by molar-refractivity contribution is 0.0958. The van der Waals surface area contributed by atoms with Crippen LogP contribution in [0.1, 0.15) is 28.9 Å². The van der Waals surface area contributed by atoms with E-state index in [2.05, 4.69) is 11.6 Å². The molecule has 1 aromatic carbocycles.